The van der Waals surface area contributed by atoms with E-state index in [2.05, 4.69) is 46.6 Å². The van der Waals surface area contributed by atoms with Crippen LogP contribution in [0.3, 0.4) is 0 Å². The van der Waals surface area contributed by atoms with Crippen molar-refractivity contribution in [1.29, 1.82) is 0 Å². The van der Waals surface area contributed by atoms with Gasteiger partial charge in [-0.2, -0.15) is 0 Å². The first-order valence-corrected chi connectivity index (χ1v) is 5.02. The maximum absolute atomic E-state index is 5.46. The molecule has 0 radical (unpaired) electrons. The van der Waals surface area contributed by atoms with Crippen LogP contribution in [0.2, 0.25) is 0 Å². The van der Waals surface area contributed by atoms with Crippen LogP contribution in [0, 0.1) is 40.0 Å². The quantitative estimate of drug-likeness (QED) is 0.587. The van der Waals surface area contributed by atoms with Crippen molar-refractivity contribution in [2.75, 3.05) is 0 Å². The first-order chi connectivity index (χ1) is 6.49. The highest BCUT2D eigenvalue weighted by Crippen LogP contribution is 2.26. The van der Waals surface area contributed by atoms with Crippen molar-refractivity contribution in [2.45, 2.75) is 40.5 Å². The molecule has 0 fully saturated rings. The monoisotopic (exact) mass is 186 g/mol. The van der Waals surface area contributed by atoms with E-state index >= 15 is 0 Å². The van der Waals surface area contributed by atoms with E-state index in [1.807, 2.05) is 0 Å². The molecular weight excluding hydrogens is 168 g/mol. The third kappa shape index (κ3) is 1.68. The van der Waals surface area contributed by atoms with E-state index in [0.29, 0.717) is 0 Å². The molecule has 0 heteroatoms. The standard InChI is InChI=1S/C14H18/c1-7-9(2)14-8-10(3)11(4)12(5)13(14)6/h1,8-9H,2-6H3. The lowest BCUT2D eigenvalue weighted by atomic mass is 9.89. The topological polar surface area (TPSA) is 0 Å². The van der Waals surface area contributed by atoms with Gasteiger partial charge in [-0.1, -0.05) is 12.0 Å². The Kier molecular flexibility index (Phi) is 3.01. The Bertz CT molecular complexity index is 391. The fourth-order valence-corrected chi connectivity index (χ4v) is 1.78. The van der Waals surface area contributed by atoms with Gasteiger partial charge in [0.2, 0.25) is 0 Å². The van der Waals surface area contributed by atoms with Crippen LogP contribution in [0.1, 0.15) is 40.7 Å². The normalized spacial score (nSPS) is 12.3. The molecule has 0 N–H and O–H groups in total. The zero-order valence-electron chi connectivity index (χ0n) is 9.73. The minimum absolute atomic E-state index is 0.216. The lowest BCUT2D eigenvalue weighted by Gasteiger charge is -2.16. The van der Waals surface area contributed by atoms with Gasteiger partial charge >= 0.3 is 0 Å². The van der Waals surface area contributed by atoms with Gasteiger partial charge in [0.05, 0.1) is 0 Å². The van der Waals surface area contributed by atoms with Crippen molar-refractivity contribution < 1.29 is 0 Å². The Hall–Kier alpha value is -1.22. The maximum Gasteiger partial charge on any atom is 0.0424 e. The van der Waals surface area contributed by atoms with E-state index in [-0.39, 0.29) is 5.92 Å². The Morgan fingerprint density at radius 2 is 1.64 bits per heavy atom. The van der Waals surface area contributed by atoms with Gasteiger partial charge in [0, 0.05) is 5.92 Å². The molecule has 0 aliphatic heterocycles. The number of rotatable bonds is 1. The summed E-state index contributed by atoms with van der Waals surface area (Å²) >= 11 is 0. The fourth-order valence-electron chi connectivity index (χ4n) is 1.78. The molecular formula is C14H18. The fraction of sp³-hybridized carbons (Fsp3) is 0.429. The number of hydrogen-bond acceptors (Lipinski definition) is 0. The van der Waals surface area contributed by atoms with Gasteiger partial charge in [0.25, 0.3) is 0 Å². The highest BCUT2D eigenvalue weighted by Gasteiger charge is 2.10. The zero-order valence-corrected chi connectivity index (χ0v) is 9.73. The summed E-state index contributed by atoms with van der Waals surface area (Å²) in [5.74, 6) is 3.01. The summed E-state index contributed by atoms with van der Waals surface area (Å²) in [5.41, 5.74) is 6.74. The van der Waals surface area contributed by atoms with Gasteiger partial charge in [-0.15, -0.1) is 6.42 Å². The number of aryl methyl sites for hydroxylation is 1. The summed E-state index contributed by atoms with van der Waals surface area (Å²) in [7, 11) is 0. The summed E-state index contributed by atoms with van der Waals surface area (Å²) in [6.45, 7) is 10.7. The molecule has 1 aromatic rings. The van der Waals surface area contributed by atoms with Crippen molar-refractivity contribution in [3.8, 4) is 12.3 Å². The smallest absolute Gasteiger partial charge is 0.0424 e. The third-order valence-corrected chi connectivity index (χ3v) is 3.24. The second-order valence-corrected chi connectivity index (χ2v) is 4.05. The van der Waals surface area contributed by atoms with E-state index in [1.165, 1.54) is 27.8 Å². The first kappa shape index (κ1) is 10.9. The van der Waals surface area contributed by atoms with Gasteiger partial charge in [0.15, 0.2) is 0 Å². The Balaban J connectivity index is 3.42. The van der Waals surface area contributed by atoms with Crippen molar-refractivity contribution in [2.24, 2.45) is 0 Å². The molecule has 0 heterocycles. The van der Waals surface area contributed by atoms with Crippen molar-refractivity contribution in [3.63, 3.8) is 0 Å². The molecule has 1 atom stereocenters. The number of terminal acetylenes is 1. The van der Waals surface area contributed by atoms with Gasteiger partial charge < -0.3 is 0 Å². The van der Waals surface area contributed by atoms with Gasteiger partial charge in [-0.05, 0) is 62.4 Å². The average molecular weight is 186 g/mol. The van der Waals surface area contributed by atoms with Crippen LogP contribution in [0.5, 0.6) is 0 Å². The van der Waals surface area contributed by atoms with E-state index in [1.54, 1.807) is 0 Å². The van der Waals surface area contributed by atoms with Crippen LogP contribution in [0.4, 0.5) is 0 Å². The second kappa shape index (κ2) is 3.88. The number of benzene rings is 1. The van der Waals surface area contributed by atoms with Crippen molar-refractivity contribution >= 4 is 0 Å². The summed E-state index contributed by atoms with van der Waals surface area (Å²) in [6, 6.07) is 2.22. The molecule has 0 spiro atoms. The molecule has 0 aromatic heterocycles. The van der Waals surface area contributed by atoms with Crippen LogP contribution < -0.4 is 0 Å². The van der Waals surface area contributed by atoms with Gasteiger partial charge in [-0.3, -0.25) is 0 Å². The third-order valence-electron chi connectivity index (χ3n) is 3.24. The van der Waals surface area contributed by atoms with Crippen molar-refractivity contribution in [3.05, 3.63) is 33.9 Å². The predicted octanol–water partition coefficient (Wildman–Crippen LogP) is 3.66. The summed E-state index contributed by atoms with van der Waals surface area (Å²) < 4.78 is 0. The Morgan fingerprint density at radius 1 is 1.07 bits per heavy atom. The largest absolute Gasteiger partial charge is 0.119 e. The van der Waals surface area contributed by atoms with E-state index < -0.39 is 0 Å². The minimum Gasteiger partial charge on any atom is -0.119 e. The average Bonchev–Trinajstić information content (AvgIpc) is 2.19. The summed E-state index contributed by atoms with van der Waals surface area (Å²) in [5, 5.41) is 0. The summed E-state index contributed by atoms with van der Waals surface area (Å²) in [6.07, 6.45) is 5.46. The van der Waals surface area contributed by atoms with Crippen LogP contribution in [-0.2, 0) is 0 Å². The Labute approximate surface area is 87.4 Å². The van der Waals surface area contributed by atoms with E-state index in [4.69, 9.17) is 6.42 Å². The van der Waals surface area contributed by atoms with Crippen LogP contribution in [0.15, 0.2) is 6.07 Å². The first-order valence-electron chi connectivity index (χ1n) is 5.02. The molecule has 0 saturated carbocycles. The van der Waals surface area contributed by atoms with Crippen LogP contribution in [-0.4, -0.2) is 0 Å². The molecule has 1 aromatic carbocycles. The predicted molar refractivity (Wildman–Crippen MR) is 62.6 cm³/mol. The molecule has 0 bridgehead atoms. The second-order valence-electron chi connectivity index (χ2n) is 4.05. The molecule has 0 saturated heterocycles. The molecule has 14 heavy (non-hydrogen) atoms. The highest BCUT2D eigenvalue weighted by atomic mass is 14.1. The minimum atomic E-state index is 0.216. The lowest BCUT2D eigenvalue weighted by molar-refractivity contribution is 0.971. The molecule has 0 aliphatic carbocycles. The molecule has 0 nitrogen and oxygen atoms in total. The van der Waals surface area contributed by atoms with Crippen LogP contribution >= 0.6 is 0 Å². The van der Waals surface area contributed by atoms with Crippen LogP contribution in [0.25, 0.3) is 0 Å². The van der Waals surface area contributed by atoms with Gasteiger partial charge in [-0.25, -0.2) is 0 Å². The number of hydrogen-bond donors (Lipinski definition) is 0. The maximum atomic E-state index is 5.46. The molecule has 1 rings (SSSR count). The molecule has 74 valence electrons. The van der Waals surface area contributed by atoms with E-state index in [0.717, 1.165) is 0 Å². The SMILES string of the molecule is C#CC(C)c1cc(C)c(C)c(C)c1C. The highest BCUT2D eigenvalue weighted by molar-refractivity contribution is 5.46. The molecule has 0 amide bonds. The molecule has 0 aliphatic rings. The molecule has 1 unspecified atom stereocenters. The lowest BCUT2D eigenvalue weighted by Crippen LogP contribution is -2.00. The zero-order chi connectivity index (χ0) is 10.9. The Morgan fingerprint density at radius 3 is 2.14 bits per heavy atom. The van der Waals surface area contributed by atoms with Gasteiger partial charge in [0.1, 0.15) is 0 Å². The van der Waals surface area contributed by atoms with Crippen molar-refractivity contribution in [1.82, 2.24) is 0 Å². The van der Waals surface area contributed by atoms with E-state index in [9.17, 15) is 0 Å². The summed E-state index contributed by atoms with van der Waals surface area (Å²) in [4.78, 5) is 0.